The zero-order chi connectivity index (χ0) is 35.7. The minimum absolute atomic E-state index is 0.0304. The Morgan fingerprint density at radius 2 is 1.59 bits per heavy atom. The van der Waals surface area contributed by atoms with Crippen LogP contribution in [0.2, 0.25) is 0 Å². The van der Waals surface area contributed by atoms with Gasteiger partial charge in [-0.3, -0.25) is 14.4 Å². The molecule has 2 fully saturated rings. The molecule has 1 aromatic heterocycles. The molecule has 5 N–H and O–H groups in total. The molecule has 14 nitrogen and oxygen atoms in total. The van der Waals surface area contributed by atoms with Gasteiger partial charge in [0.2, 0.25) is 17.6 Å². The third kappa shape index (κ3) is 9.34. The first-order valence-electron chi connectivity index (χ1n) is 17.3. The van der Waals surface area contributed by atoms with Crippen molar-refractivity contribution in [1.29, 1.82) is 0 Å². The normalized spacial score (nSPS) is 18.4. The summed E-state index contributed by atoms with van der Waals surface area (Å²) >= 11 is 0. The quantitative estimate of drug-likeness (QED) is 0.156. The van der Waals surface area contributed by atoms with E-state index in [2.05, 4.69) is 48.5 Å². The van der Waals surface area contributed by atoms with Crippen molar-refractivity contribution in [2.24, 2.45) is 11.8 Å². The number of anilines is 1. The van der Waals surface area contributed by atoms with Crippen molar-refractivity contribution in [3.05, 3.63) is 83.9 Å². The number of carbonyl (C=O) groups is 4. The Hall–Kier alpha value is -5.63. The SMILES string of the molecule is CN1CCN(C(=O)c2ccc(-c3cccc(C[C@H](NC(=O)C4CCC(CNC(=O)O)CC4)C(=O)Nc4ccc(-c5nn[nH]n5)cc4)c3)cc2)CC1. The number of hydrogen-bond donors (Lipinski definition) is 5. The molecule has 3 aromatic carbocycles. The van der Waals surface area contributed by atoms with Crippen LogP contribution in [0, 0.1) is 11.8 Å². The number of aromatic nitrogens is 4. The second kappa shape index (κ2) is 16.4. The molecule has 0 spiro atoms. The molecule has 0 unspecified atom stereocenters. The lowest BCUT2D eigenvalue weighted by Gasteiger charge is -2.32. The highest BCUT2D eigenvalue weighted by Gasteiger charge is 2.30. The maximum absolute atomic E-state index is 13.8. The first-order chi connectivity index (χ1) is 24.7. The Balaban J connectivity index is 1.15. The zero-order valence-electron chi connectivity index (χ0n) is 28.5. The van der Waals surface area contributed by atoms with E-state index in [-0.39, 0.29) is 36.0 Å². The van der Waals surface area contributed by atoms with Gasteiger partial charge in [-0.25, -0.2) is 4.79 Å². The third-order valence-electron chi connectivity index (χ3n) is 9.77. The van der Waals surface area contributed by atoms with Gasteiger partial charge in [0.1, 0.15) is 6.04 Å². The van der Waals surface area contributed by atoms with Crippen LogP contribution in [0.25, 0.3) is 22.5 Å². The minimum atomic E-state index is -1.05. The summed E-state index contributed by atoms with van der Waals surface area (Å²) in [6.07, 6.45) is 1.89. The van der Waals surface area contributed by atoms with Gasteiger partial charge in [-0.2, -0.15) is 5.21 Å². The van der Waals surface area contributed by atoms with E-state index in [0.29, 0.717) is 49.6 Å². The van der Waals surface area contributed by atoms with Crippen LogP contribution in [0.4, 0.5) is 10.5 Å². The first kappa shape index (κ1) is 35.2. The Labute approximate surface area is 296 Å². The summed E-state index contributed by atoms with van der Waals surface area (Å²) in [6, 6.07) is 21.6. The zero-order valence-corrected chi connectivity index (χ0v) is 28.5. The van der Waals surface area contributed by atoms with E-state index in [9.17, 15) is 19.2 Å². The van der Waals surface area contributed by atoms with Gasteiger partial charge < -0.3 is 30.9 Å². The van der Waals surface area contributed by atoms with Crippen LogP contribution in [-0.4, -0.2) is 105 Å². The standard InChI is InChI=1S/C37H43N9O5/c1-45-17-19-46(20-18-45)36(49)29-11-9-26(10-12-29)30-4-2-3-25(21-30)22-32(40-34(47)28-7-5-24(6-8-28)23-38-37(50)51)35(48)39-31-15-13-27(14-16-31)33-41-43-44-42-33/h2-4,9-16,21,24,28,32,38H,5-8,17-20,22-23H2,1H3,(H,39,48)(H,40,47)(H,50,51)(H,41,42,43,44)/t24?,28?,32-/m0/s1. The molecule has 2 heterocycles. The summed E-state index contributed by atoms with van der Waals surface area (Å²) in [5.74, 6) is -0.169. The van der Waals surface area contributed by atoms with Crippen LogP contribution in [0.5, 0.6) is 0 Å². The fraction of sp³-hybridized carbons (Fsp3) is 0.378. The summed E-state index contributed by atoms with van der Waals surface area (Å²) in [6.45, 7) is 3.50. The molecule has 1 aliphatic carbocycles. The van der Waals surface area contributed by atoms with Crippen LogP contribution in [0.1, 0.15) is 41.6 Å². The summed E-state index contributed by atoms with van der Waals surface area (Å²) in [5, 5.41) is 31.3. The number of carbonyl (C=O) groups excluding carboxylic acids is 3. The molecule has 4 aromatic rings. The van der Waals surface area contributed by atoms with E-state index in [1.807, 2.05) is 53.4 Å². The van der Waals surface area contributed by atoms with Gasteiger partial charge in [0.15, 0.2) is 0 Å². The van der Waals surface area contributed by atoms with Crippen LogP contribution in [0.15, 0.2) is 72.8 Å². The molecule has 1 atom stereocenters. The number of likely N-dealkylation sites (N-methyl/N-ethyl adjacent to an activating group) is 1. The molecule has 1 saturated carbocycles. The van der Waals surface area contributed by atoms with Gasteiger partial charge >= 0.3 is 6.09 Å². The van der Waals surface area contributed by atoms with E-state index in [1.165, 1.54) is 0 Å². The fourth-order valence-electron chi connectivity index (χ4n) is 6.69. The van der Waals surface area contributed by atoms with Crippen molar-refractivity contribution in [1.82, 2.24) is 41.1 Å². The van der Waals surface area contributed by atoms with E-state index >= 15 is 0 Å². The number of rotatable bonds is 11. The smallest absolute Gasteiger partial charge is 0.404 e. The summed E-state index contributed by atoms with van der Waals surface area (Å²) in [5.41, 5.74) is 4.67. The van der Waals surface area contributed by atoms with Crippen LogP contribution in [-0.2, 0) is 16.0 Å². The number of tetrazole rings is 1. The number of carboxylic acid groups (broad SMARTS) is 1. The molecular formula is C37H43N9O5. The summed E-state index contributed by atoms with van der Waals surface area (Å²) in [7, 11) is 2.06. The molecule has 4 amide bonds. The van der Waals surface area contributed by atoms with Crippen molar-refractivity contribution in [3.63, 3.8) is 0 Å². The Morgan fingerprint density at radius 1 is 0.882 bits per heavy atom. The van der Waals surface area contributed by atoms with Crippen molar-refractivity contribution in [2.75, 3.05) is 45.1 Å². The number of aromatic amines is 1. The van der Waals surface area contributed by atoms with E-state index in [4.69, 9.17) is 5.11 Å². The molecule has 2 aliphatic rings. The highest BCUT2D eigenvalue weighted by atomic mass is 16.4. The molecular weight excluding hydrogens is 650 g/mol. The van der Waals surface area contributed by atoms with Crippen LogP contribution in [0.3, 0.4) is 0 Å². The van der Waals surface area contributed by atoms with Crippen LogP contribution >= 0.6 is 0 Å². The van der Waals surface area contributed by atoms with Gasteiger partial charge in [0.25, 0.3) is 5.91 Å². The van der Waals surface area contributed by atoms with Gasteiger partial charge in [-0.05, 0) is 97.0 Å². The van der Waals surface area contributed by atoms with Gasteiger partial charge in [-0.1, -0.05) is 36.4 Å². The second-order valence-corrected chi connectivity index (χ2v) is 13.3. The number of H-pyrrole nitrogens is 1. The maximum Gasteiger partial charge on any atom is 0.404 e. The molecule has 0 bridgehead atoms. The molecule has 6 rings (SSSR count). The molecule has 51 heavy (non-hydrogen) atoms. The van der Waals surface area contributed by atoms with Crippen molar-refractivity contribution in [3.8, 4) is 22.5 Å². The number of piperazine rings is 1. The monoisotopic (exact) mass is 693 g/mol. The Morgan fingerprint density at radius 3 is 2.25 bits per heavy atom. The second-order valence-electron chi connectivity index (χ2n) is 13.3. The van der Waals surface area contributed by atoms with Crippen molar-refractivity contribution < 1.29 is 24.3 Å². The highest BCUT2D eigenvalue weighted by molar-refractivity contribution is 5.98. The van der Waals surface area contributed by atoms with Crippen LogP contribution < -0.4 is 16.0 Å². The average Bonchev–Trinajstić information content (AvgIpc) is 3.70. The van der Waals surface area contributed by atoms with Gasteiger partial charge in [0.05, 0.1) is 0 Å². The molecule has 266 valence electrons. The number of nitrogens with one attached hydrogen (secondary N) is 4. The van der Waals surface area contributed by atoms with E-state index < -0.39 is 12.1 Å². The number of benzene rings is 3. The van der Waals surface area contributed by atoms with E-state index in [1.54, 1.807) is 24.3 Å². The third-order valence-corrected chi connectivity index (χ3v) is 9.77. The van der Waals surface area contributed by atoms with Gasteiger partial charge in [0, 0.05) is 61.9 Å². The molecule has 14 heteroatoms. The largest absolute Gasteiger partial charge is 0.465 e. The predicted molar refractivity (Wildman–Crippen MR) is 191 cm³/mol. The lowest BCUT2D eigenvalue weighted by molar-refractivity contribution is -0.130. The average molecular weight is 694 g/mol. The predicted octanol–water partition coefficient (Wildman–Crippen LogP) is 3.66. The minimum Gasteiger partial charge on any atom is -0.465 e. The van der Waals surface area contributed by atoms with Crippen molar-refractivity contribution in [2.45, 2.75) is 38.1 Å². The van der Waals surface area contributed by atoms with Gasteiger partial charge in [-0.15, -0.1) is 10.2 Å². The lowest BCUT2D eigenvalue weighted by Crippen LogP contribution is -2.48. The molecule has 1 saturated heterocycles. The Kier molecular flexibility index (Phi) is 11.3. The number of nitrogens with zero attached hydrogens (tertiary/aromatic N) is 5. The fourth-order valence-corrected chi connectivity index (χ4v) is 6.69. The number of amides is 4. The highest BCUT2D eigenvalue weighted by Crippen LogP contribution is 2.29. The summed E-state index contributed by atoms with van der Waals surface area (Å²) in [4.78, 5) is 55.4. The maximum atomic E-state index is 13.8. The van der Waals surface area contributed by atoms with E-state index in [0.717, 1.165) is 48.2 Å². The first-order valence-corrected chi connectivity index (χ1v) is 17.3. The summed E-state index contributed by atoms with van der Waals surface area (Å²) < 4.78 is 0. The Bertz CT molecular complexity index is 1800. The van der Waals surface area contributed by atoms with Crippen molar-refractivity contribution >= 4 is 29.5 Å². The topological polar surface area (TPSA) is 186 Å². The molecule has 0 radical (unpaired) electrons. The molecule has 1 aliphatic heterocycles. The lowest BCUT2D eigenvalue weighted by atomic mass is 9.81. The number of hydrogen-bond acceptors (Lipinski definition) is 8.